The molecule has 0 aromatic heterocycles. The molecule has 2 aromatic rings. The van der Waals surface area contributed by atoms with Crippen molar-refractivity contribution in [2.75, 3.05) is 39.9 Å². The molecule has 0 N–H and O–H groups in total. The Morgan fingerprint density at radius 1 is 0.862 bits per heavy atom. The average molecular weight is 396 g/mol. The molecular weight excluding hydrogens is 368 g/mol. The first-order chi connectivity index (χ1) is 14.1. The molecule has 1 heterocycles. The van der Waals surface area contributed by atoms with Crippen molar-refractivity contribution in [3.63, 3.8) is 0 Å². The molecule has 29 heavy (non-hydrogen) atoms. The molecule has 6 heteroatoms. The highest BCUT2D eigenvalue weighted by Gasteiger charge is 2.23. The summed E-state index contributed by atoms with van der Waals surface area (Å²) in [6, 6.07) is 14.8. The second kappa shape index (κ2) is 9.96. The van der Waals surface area contributed by atoms with Crippen LogP contribution in [0.5, 0.6) is 11.5 Å². The van der Waals surface area contributed by atoms with Gasteiger partial charge in [0.1, 0.15) is 11.5 Å². The largest absolute Gasteiger partial charge is 0.497 e. The standard InChI is InChI=1S/C23H28N2O4/c1-3-29-21-11-7-19(8-12-21)23(27)25-14-4-13-24(15-16-25)22(26)17-18-5-9-20(28-2)10-6-18/h5-12H,3-4,13-17H2,1-2H3. The quantitative estimate of drug-likeness (QED) is 0.753. The minimum atomic E-state index is -0.00231. The number of nitrogens with zero attached hydrogens (tertiary/aromatic N) is 2. The van der Waals surface area contributed by atoms with Gasteiger partial charge in [-0.1, -0.05) is 12.1 Å². The molecule has 3 rings (SSSR count). The van der Waals surface area contributed by atoms with Crippen LogP contribution >= 0.6 is 0 Å². The molecule has 6 nitrogen and oxygen atoms in total. The van der Waals surface area contributed by atoms with E-state index in [4.69, 9.17) is 9.47 Å². The van der Waals surface area contributed by atoms with Crippen molar-refractivity contribution < 1.29 is 19.1 Å². The first-order valence-corrected chi connectivity index (χ1v) is 10.0. The lowest BCUT2D eigenvalue weighted by Crippen LogP contribution is -2.38. The normalized spacial score (nSPS) is 14.3. The SMILES string of the molecule is CCOc1ccc(C(=O)N2CCCN(C(=O)Cc3ccc(OC)cc3)CC2)cc1. The van der Waals surface area contributed by atoms with Gasteiger partial charge >= 0.3 is 0 Å². The van der Waals surface area contributed by atoms with Crippen LogP contribution in [0.2, 0.25) is 0 Å². The number of hydrogen-bond acceptors (Lipinski definition) is 4. The van der Waals surface area contributed by atoms with Gasteiger partial charge in [0.15, 0.2) is 0 Å². The Morgan fingerprint density at radius 3 is 2.14 bits per heavy atom. The number of methoxy groups -OCH3 is 1. The lowest BCUT2D eigenvalue weighted by molar-refractivity contribution is -0.130. The van der Waals surface area contributed by atoms with E-state index in [1.807, 2.05) is 53.1 Å². The first-order valence-electron chi connectivity index (χ1n) is 10.0. The van der Waals surface area contributed by atoms with Gasteiger partial charge in [-0.05, 0) is 55.3 Å². The summed E-state index contributed by atoms with van der Waals surface area (Å²) in [6.07, 6.45) is 1.13. The van der Waals surface area contributed by atoms with Crippen LogP contribution in [0.25, 0.3) is 0 Å². The van der Waals surface area contributed by atoms with Crippen LogP contribution in [0.4, 0.5) is 0 Å². The fraction of sp³-hybridized carbons (Fsp3) is 0.391. The van der Waals surface area contributed by atoms with Crippen molar-refractivity contribution in [1.29, 1.82) is 0 Å². The Hall–Kier alpha value is -3.02. The Morgan fingerprint density at radius 2 is 1.48 bits per heavy atom. The van der Waals surface area contributed by atoms with Crippen molar-refractivity contribution in [2.45, 2.75) is 19.8 Å². The number of amides is 2. The summed E-state index contributed by atoms with van der Waals surface area (Å²) in [6.45, 7) is 4.94. The number of carbonyl (C=O) groups is 2. The van der Waals surface area contributed by atoms with Crippen LogP contribution < -0.4 is 9.47 Å². The fourth-order valence-electron chi connectivity index (χ4n) is 3.44. The van der Waals surface area contributed by atoms with Gasteiger partial charge in [0.2, 0.25) is 5.91 Å². The van der Waals surface area contributed by atoms with Gasteiger partial charge in [-0.2, -0.15) is 0 Å². The van der Waals surface area contributed by atoms with E-state index in [0.29, 0.717) is 44.8 Å². The fourth-order valence-corrected chi connectivity index (χ4v) is 3.44. The number of rotatable bonds is 6. The maximum atomic E-state index is 12.8. The van der Waals surface area contributed by atoms with Crippen LogP contribution in [-0.4, -0.2) is 61.5 Å². The zero-order valence-corrected chi connectivity index (χ0v) is 17.1. The Kier molecular flexibility index (Phi) is 7.11. The van der Waals surface area contributed by atoms with Gasteiger partial charge in [-0.3, -0.25) is 9.59 Å². The van der Waals surface area contributed by atoms with Crippen LogP contribution in [0, 0.1) is 0 Å². The van der Waals surface area contributed by atoms with E-state index in [1.165, 1.54) is 0 Å². The molecule has 1 aliphatic heterocycles. The van der Waals surface area contributed by atoms with E-state index in [0.717, 1.165) is 23.5 Å². The average Bonchev–Trinajstić information content (AvgIpc) is 3.01. The van der Waals surface area contributed by atoms with Gasteiger partial charge < -0.3 is 19.3 Å². The predicted molar refractivity (Wildman–Crippen MR) is 111 cm³/mol. The summed E-state index contributed by atoms with van der Waals surface area (Å²) in [5, 5.41) is 0. The highest BCUT2D eigenvalue weighted by Crippen LogP contribution is 2.16. The van der Waals surface area contributed by atoms with E-state index in [9.17, 15) is 9.59 Å². The summed E-state index contributed by atoms with van der Waals surface area (Å²) in [5.41, 5.74) is 1.61. The van der Waals surface area contributed by atoms with Crippen molar-refractivity contribution >= 4 is 11.8 Å². The molecule has 1 saturated heterocycles. The zero-order chi connectivity index (χ0) is 20.6. The third-order valence-corrected chi connectivity index (χ3v) is 5.06. The van der Waals surface area contributed by atoms with Crippen LogP contribution in [0.1, 0.15) is 29.3 Å². The van der Waals surface area contributed by atoms with Crippen molar-refractivity contribution in [3.8, 4) is 11.5 Å². The van der Waals surface area contributed by atoms with E-state index < -0.39 is 0 Å². The van der Waals surface area contributed by atoms with Crippen LogP contribution in [-0.2, 0) is 11.2 Å². The summed E-state index contributed by atoms with van der Waals surface area (Å²) in [4.78, 5) is 29.2. The molecule has 1 fully saturated rings. The highest BCUT2D eigenvalue weighted by atomic mass is 16.5. The van der Waals surface area contributed by atoms with Gasteiger partial charge in [-0.15, -0.1) is 0 Å². The molecule has 2 amide bonds. The van der Waals surface area contributed by atoms with E-state index in [1.54, 1.807) is 19.2 Å². The molecule has 1 aliphatic rings. The summed E-state index contributed by atoms with van der Waals surface area (Å²) in [7, 11) is 1.62. The number of hydrogen-bond donors (Lipinski definition) is 0. The van der Waals surface area contributed by atoms with Crippen molar-refractivity contribution in [1.82, 2.24) is 9.80 Å². The van der Waals surface area contributed by atoms with E-state index in [2.05, 4.69) is 0 Å². The van der Waals surface area contributed by atoms with Gasteiger partial charge in [-0.25, -0.2) is 0 Å². The molecular formula is C23H28N2O4. The van der Waals surface area contributed by atoms with Crippen molar-refractivity contribution in [2.24, 2.45) is 0 Å². The minimum Gasteiger partial charge on any atom is -0.497 e. The second-order valence-electron chi connectivity index (χ2n) is 7.01. The zero-order valence-electron chi connectivity index (χ0n) is 17.1. The van der Waals surface area contributed by atoms with Crippen LogP contribution in [0.15, 0.2) is 48.5 Å². The maximum absolute atomic E-state index is 12.8. The number of ether oxygens (including phenoxy) is 2. The predicted octanol–water partition coefficient (Wildman–Crippen LogP) is 3.01. The van der Waals surface area contributed by atoms with Gasteiger partial charge in [0.25, 0.3) is 5.91 Å². The smallest absolute Gasteiger partial charge is 0.253 e. The van der Waals surface area contributed by atoms with Gasteiger partial charge in [0.05, 0.1) is 20.1 Å². The monoisotopic (exact) mass is 396 g/mol. The van der Waals surface area contributed by atoms with Crippen LogP contribution in [0.3, 0.4) is 0 Å². The molecule has 2 aromatic carbocycles. The molecule has 0 spiro atoms. The Labute approximate surface area is 172 Å². The minimum absolute atomic E-state index is 0.00231. The Balaban J connectivity index is 1.56. The lowest BCUT2D eigenvalue weighted by atomic mass is 10.1. The molecule has 0 aliphatic carbocycles. The Bertz CT molecular complexity index is 818. The summed E-state index contributed by atoms with van der Waals surface area (Å²) in [5.74, 6) is 1.62. The van der Waals surface area contributed by atoms with E-state index >= 15 is 0 Å². The third-order valence-electron chi connectivity index (χ3n) is 5.06. The number of benzene rings is 2. The molecule has 0 atom stereocenters. The van der Waals surface area contributed by atoms with Crippen molar-refractivity contribution in [3.05, 3.63) is 59.7 Å². The molecule has 0 radical (unpaired) electrons. The molecule has 0 bridgehead atoms. The number of carbonyl (C=O) groups excluding carboxylic acids is 2. The third kappa shape index (κ3) is 5.50. The molecule has 0 saturated carbocycles. The summed E-state index contributed by atoms with van der Waals surface area (Å²) >= 11 is 0. The first kappa shape index (κ1) is 20.7. The van der Waals surface area contributed by atoms with E-state index in [-0.39, 0.29) is 11.8 Å². The molecule has 154 valence electrons. The highest BCUT2D eigenvalue weighted by molar-refractivity contribution is 5.94. The topological polar surface area (TPSA) is 59.1 Å². The van der Waals surface area contributed by atoms with Gasteiger partial charge in [0, 0.05) is 31.7 Å². The summed E-state index contributed by atoms with van der Waals surface area (Å²) < 4.78 is 10.6. The molecule has 0 unspecified atom stereocenters. The second-order valence-corrected chi connectivity index (χ2v) is 7.01. The maximum Gasteiger partial charge on any atom is 0.253 e. The lowest BCUT2D eigenvalue weighted by Gasteiger charge is -2.22.